The van der Waals surface area contributed by atoms with Crippen molar-refractivity contribution in [2.45, 2.75) is 31.7 Å². The molecule has 1 N–H and O–H groups in total. The van der Waals surface area contributed by atoms with Crippen LogP contribution in [0, 0.1) is 19.8 Å². The molecule has 0 saturated carbocycles. The summed E-state index contributed by atoms with van der Waals surface area (Å²) in [6.45, 7) is 5.75. The highest BCUT2D eigenvalue weighted by atomic mass is 32.2. The quantitative estimate of drug-likeness (QED) is 0.841. The van der Waals surface area contributed by atoms with Crippen molar-refractivity contribution in [3.8, 4) is 0 Å². The first-order valence-electron chi connectivity index (χ1n) is 8.25. The minimum Gasteiger partial charge on any atom is -0.444 e. The van der Waals surface area contributed by atoms with Crippen LogP contribution in [0.4, 0.5) is 4.79 Å². The Morgan fingerprint density at radius 1 is 1.38 bits per heavy atom. The van der Waals surface area contributed by atoms with E-state index in [0.717, 1.165) is 36.7 Å². The third-order valence-electron chi connectivity index (χ3n) is 4.27. The third kappa shape index (κ3) is 4.32. The molecule has 0 bridgehead atoms. The van der Waals surface area contributed by atoms with Gasteiger partial charge in [-0.25, -0.2) is 9.78 Å². The summed E-state index contributed by atoms with van der Waals surface area (Å²) in [5.74, 6) is 2.96. The maximum absolute atomic E-state index is 12.3. The number of likely N-dealkylation sites (tertiary alicyclic amines) is 1. The van der Waals surface area contributed by atoms with Crippen molar-refractivity contribution in [3.63, 3.8) is 0 Å². The maximum atomic E-state index is 12.3. The highest BCUT2D eigenvalue weighted by molar-refractivity contribution is 7.99. The zero-order chi connectivity index (χ0) is 16.9. The smallest absolute Gasteiger partial charge is 0.317 e. The van der Waals surface area contributed by atoms with Crippen LogP contribution in [0.2, 0.25) is 0 Å². The Hall–Kier alpha value is -1.95. The third-order valence-corrected chi connectivity index (χ3v) is 5.51. The number of benzene rings is 1. The highest BCUT2D eigenvalue weighted by Crippen LogP contribution is 2.25. The van der Waals surface area contributed by atoms with Gasteiger partial charge in [0.25, 0.3) is 0 Å². The first-order chi connectivity index (χ1) is 11.6. The molecular formula is C18H23N3O2S. The zero-order valence-electron chi connectivity index (χ0n) is 14.1. The monoisotopic (exact) mass is 345 g/mol. The molecule has 5 nitrogen and oxygen atoms in total. The van der Waals surface area contributed by atoms with Gasteiger partial charge in [-0.15, -0.1) is 11.8 Å². The predicted molar refractivity (Wildman–Crippen MR) is 95.1 cm³/mol. The van der Waals surface area contributed by atoms with Crippen molar-refractivity contribution in [1.29, 1.82) is 0 Å². The average molecular weight is 345 g/mol. The number of urea groups is 1. The largest absolute Gasteiger partial charge is 0.444 e. The number of amides is 2. The predicted octanol–water partition coefficient (Wildman–Crippen LogP) is 3.62. The van der Waals surface area contributed by atoms with Gasteiger partial charge in [0.2, 0.25) is 5.89 Å². The Morgan fingerprint density at radius 3 is 2.88 bits per heavy atom. The summed E-state index contributed by atoms with van der Waals surface area (Å²) in [5.41, 5.74) is 0.874. The van der Waals surface area contributed by atoms with Gasteiger partial charge in [0.1, 0.15) is 5.76 Å². The number of nitrogens with one attached hydrogen (secondary N) is 1. The lowest BCUT2D eigenvalue weighted by molar-refractivity contribution is 0.205. The van der Waals surface area contributed by atoms with Gasteiger partial charge in [0.05, 0.1) is 12.2 Å². The number of rotatable bonds is 5. The summed E-state index contributed by atoms with van der Waals surface area (Å²) in [6, 6.07) is 10.4. The van der Waals surface area contributed by atoms with Crippen molar-refractivity contribution in [2.75, 3.05) is 18.8 Å². The van der Waals surface area contributed by atoms with Gasteiger partial charge >= 0.3 is 6.03 Å². The summed E-state index contributed by atoms with van der Waals surface area (Å²) in [5, 5.41) is 2.90. The van der Waals surface area contributed by atoms with Gasteiger partial charge in [-0.2, -0.15) is 0 Å². The molecule has 6 heteroatoms. The van der Waals surface area contributed by atoms with Crippen LogP contribution in [0.3, 0.4) is 0 Å². The molecule has 0 unspecified atom stereocenters. The van der Waals surface area contributed by atoms with Crippen molar-refractivity contribution < 1.29 is 9.21 Å². The molecule has 128 valence electrons. The van der Waals surface area contributed by atoms with Crippen molar-refractivity contribution in [2.24, 2.45) is 5.92 Å². The summed E-state index contributed by atoms with van der Waals surface area (Å²) >= 11 is 1.86. The van der Waals surface area contributed by atoms with E-state index in [1.807, 2.05) is 36.6 Å². The molecule has 24 heavy (non-hydrogen) atoms. The Kier molecular flexibility index (Phi) is 5.45. The lowest BCUT2D eigenvalue weighted by Gasteiger charge is -2.16. The lowest BCUT2D eigenvalue weighted by atomic mass is 10.2. The number of hydrogen-bond acceptors (Lipinski definition) is 4. The zero-order valence-corrected chi connectivity index (χ0v) is 14.9. The van der Waals surface area contributed by atoms with E-state index in [2.05, 4.69) is 34.6 Å². The molecule has 1 aliphatic rings. The van der Waals surface area contributed by atoms with Crippen LogP contribution in [0.1, 0.15) is 23.8 Å². The molecule has 1 atom stereocenters. The van der Waals surface area contributed by atoms with Crippen molar-refractivity contribution in [3.05, 3.63) is 47.7 Å². The number of carbonyl (C=O) groups excluding carboxylic acids is 1. The lowest BCUT2D eigenvalue weighted by Crippen LogP contribution is -2.38. The Bertz CT molecular complexity index is 667. The van der Waals surface area contributed by atoms with Crippen LogP contribution in [0.15, 0.2) is 39.6 Å². The molecule has 0 spiro atoms. The topological polar surface area (TPSA) is 58.4 Å². The molecule has 1 aliphatic heterocycles. The number of oxazole rings is 1. The fourth-order valence-electron chi connectivity index (χ4n) is 2.76. The molecular weight excluding hydrogens is 322 g/mol. The second-order valence-electron chi connectivity index (χ2n) is 6.13. The molecule has 1 aromatic carbocycles. The van der Waals surface area contributed by atoms with E-state index in [0.29, 0.717) is 18.4 Å². The molecule has 3 rings (SSSR count). The number of carbonyl (C=O) groups is 1. The number of aromatic nitrogens is 1. The highest BCUT2D eigenvalue weighted by Gasteiger charge is 2.26. The van der Waals surface area contributed by atoms with E-state index in [1.54, 1.807) is 0 Å². The second kappa shape index (κ2) is 7.75. The van der Waals surface area contributed by atoms with E-state index in [4.69, 9.17) is 4.42 Å². The molecule has 2 aromatic rings. The van der Waals surface area contributed by atoms with Crippen LogP contribution in [0.5, 0.6) is 0 Å². The standard InChI is InChI=1S/C18H23N3O2S/c1-13-14(2)23-17(20-13)10-19-18(22)21-9-8-15(11-21)12-24-16-6-4-3-5-7-16/h3-7,15H,8-12H2,1-2H3,(H,19,22)/t15-/m0/s1. The Balaban J connectivity index is 1.42. The average Bonchev–Trinajstić information content (AvgIpc) is 3.19. The van der Waals surface area contributed by atoms with Crippen LogP contribution >= 0.6 is 11.8 Å². The molecule has 2 amide bonds. The fraction of sp³-hybridized carbons (Fsp3) is 0.444. The van der Waals surface area contributed by atoms with E-state index >= 15 is 0 Å². The van der Waals surface area contributed by atoms with Crippen LogP contribution in [-0.4, -0.2) is 34.8 Å². The molecule has 1 fully saturated rings. The molecule has 1 saturated heterocycles. The van der Waals surface area contributed by atoms with Gasteiger partial charge < -0.3 is 14.6 Å². The van der Waals surface area contributed by atoms with Crippen LogP contribution in [-0.2, 0) is 6.54 Å². The van der Waals surface area contributed by atoms with Gasteiger partial charge in [0.15, 0.2) is 0 Å². The second-order valence-corrected chi connectivity index (χ2v) is 7.23. The summed E-state index contributed by atoms with van der Waals surface area (Å²) in [6.07, 6.45) is 1.06. The van der Waals surface area contributed by atoms with E-state index in [-0.39, 0.29) is 6.03 Å². The first-order valence-corrected chi connectivity index (χ1v) is 9.24. The normalized spacial score (nSPS) is 17.2. The van der Waals surface area contributed by atoms with Gasteiger partial charge in [-0.05, 0) is 38.3 Å². The van der Waals surface area contributed by atoms with Crippen LogP contribution in [0.25, 0.3) is 0 Å². The molecule has 0 aliphatic carbocycles. The summed E-state index contributed by atoms with van der Waals surface area (Å²) < 4.78 is 5.49. The van der Waals surface area contributed by atoms with E-state index in [9.17, 15) is 4.79 Å². The van der Waals surface area contributed by atoms with Gasteiger partial charge in [-0.1, -0.05) is 18.2 Å². The van der Waals surface area contributed by atoms with Crippen molar-refractivity contribution >= 4 is 17.8 Å². The Morgan fingerprint density at radius 2 is 2.17 bits per heavy atom. The van der Waals surface area contributed by atoms with Gasteiger partial charge in [-0.3, -0.25) is 0 Å². The summed E-state index contributed by atoms with van der Waals surface area (Å²) in [7, 11) is 0. The van der Waals surface area contributed by atoms with E-state index < -0.39 is 0 Å². The minimum atomic E-state index is -0.0317. The summed E-state index contributed by atoms with van der Waals surface area (Å²) in [4.78, 5) is 19.7. The van der Waals surface area contributed by atoms with Gasteiger partial charge in [0, 0.05) is 23.7 Å². The number of aryl methyl sites for hydroxylation is 2. The maximum Gasteiger partial charge on any atom is 0.317 e. The molecule has 1 aromatic heterocycles. The minimum absolute atomic E-state index is 0.0317. The van der Waals surface area contributed by atoms with E-state index in [1.165, 1.54) is 4.90 Å². The number of nitrogens with zero attached hydrogens (tertiary/aromatic N) is 2. The first kappa shape index (κ1) is 16.9. The Labute approximate surface area is 146 Å². The van der Waals surface area contributed by atoms with Crippen molar-refractivity contribution in [1.82, 2.24) is 15.2 Å². The number of thioether (sulfide) groups is 1. The number of hydrogen-bond donors (Lipinski definition) is 1. The SMILES string of the molecule is Cc1nc(CNC(=O)N2CC[C@H](CSc3ccccc3)C2)oc1C. The molecule has 2 heterocycles. The fourth-order valence-corrected chi connectivity index (χ4v) is 3.81. The molecule has 0 radical (unpaired) electrons. The van der Waals surface area contributed by atoms with Crippen LogP contribution < -0.4 is 5.32 Å².